The quantitative estimate of drug-likeness (QED) is 0.714. The molecule has 84 valence electrons. The molecule has 0 aromatic heterocycles. The number of hydrogen-bond donors (Lipinski definition) is 0. The fraction of sp³-hybridized carbons (Fsp3) is 0.500. The lowest BCUT2D eigenvalue weighted by Crippen LogP contribution is -2.17. The molecule has 0 fully saturated rings. The van der Waals surface area contributed by atoms with Crippen molar-refractivity contribution in [3.05, 3.63) is 35.4 Å². The van der Waals surface area contributed by atoms with Crippen molar-refractivity contribution in [2.75, 3.05) is 0 Å². The van der Waals surface area contributed by atoms with E-state index in [0.29, 0.717) is 11.5 Å². The minimum Gasteiger partial charge on any atom is -0.204 e. The third-order valence-electron chi connectivity index (χ3n) is 2.59. The van der Waals surface area contributed by atoms with E-state index in [2.05, 4.69) is 15.9 Å². The van der Waals surface area contributed by atoms with Crippen LogP contribution in [0.4, 0.5) is 8.78 Å². The summed E-state index contributed by atoms with van der Waals surface area (Å²) in [6.07, 6.45) is 0. The molecule has 0 radical (unpaired) electrons. The highest BCUT2D eigenvalue weighted by Gasteiger charge is 2.22. The molecule has 2 unspecified atom stereocenters. The van der Waals surface area contributed by atoms with E-state index in [1.165, 1.54) is 0 Å². The number of hydrogen-bond acceptors (Lipinski definition) is 0. The Morgan fingerprint density at radius 1 is 1.13 bits per heavy atom. The summed E-state index contributed by atoms with van der Waals surface area (Å²) in [5, 5.41) is 0. The second kappa shape index (κ2) is 5.06. The summed E-state index contributed by atoms with van der Waals surface area (Å²) in [6.45, 7) is 6.00. The van der Waals surface area contributed by atoms with Crippen LogP contribution in [0.25, 0.3) is 0 Å². The van der Waals surface area contributed by atoms with Crippen molar-refractivity contribution in [3.63, 3.8) is 0 Å². The van der Waals surface area contributed by atoms with Crippen LogP contribution in [0.1, 0.15) is 32.3 Å². The van der Waals surface area contributed by atoms with E-state index < -0.39 is 11.6 Å². The SMILES string of the molecule is CC(C)C(Br)C(C)c1cccc(F)c1F. The molecule has 0 aliphatic rings. The van der Waals surface area contributed by atoms with E-state index in [9.17, 15) is 8.78 Å². The van der Waals surface area contributed by atoms with Gasteiger partial charge in [0.1, 0.15) is 0 Å². The van der Waals surface area contributed by atoms with Crippen molar-refractivity contribution < 1.29 is 8.78 Å². The van der Waals surface area contributed by atoms with Crippen LogP contribution in [0.3, 0.4) is 0 Å². The Kier molecular flexibility index (Phi) is 4.26. The fourth-order valence-corrected chi connectivity index (χ4v) is 1.91. The highest BCUT2D eigenvalue weighted by molar-refractivity contribution is 9.09. The second-order valence-electron chi connectivity index (χ2n) is 4.12. The monoisotopic (exact) mass is 276 g/mol. The molecule has 1 aromatic rings. The van der Waals surface area contributed by atoms with E-state index in [1.807, 2.05) is 20.8 Å². The van der Waals surface area contributed by atoms with Crippen molar-refractivity contribution in [1.82, 2.24) is 0 Å². The van der Waals surface area contributed by atoms with Gasteiger partial charge in [-0.2, -0.15) is 0 Å². The van der Waals surface area contributed by atoms with Crippen LogP contribution in [-0.4, -0.2) is 4.83 Å². The van der Waals surface area contributed by atoms with Gasteiger partial charge in [0, 0.05) is 4.83 Å². The third kappa shape index (κ3) is 2.77. The fourth-order valence-electron chi connectivity index (χ4n) is 1.62. The van der Waals surface area contributed by atoms with E-state index in [-0.39, 0.29) is 10.7 Å². The van der Waals surface area contributed by atoms with Gasteiger partial charge in [-0.3, -0.25) is 0 Å². The number of benzene rings is 1. The normalized spacial score (nSPS) is 15.4. The zero-order valence-electron chi connectivity index (χ0n) is 9.10. The third-order valence-corrected chi connectivity index (χ3v) is 4.44. The Labute approximate surface area is 97.8 Å². The van der Waals surface area contributed by atoms with Gasteiger partial charge in [-0.15, -0.1) is 0 Å². The van der Waals surface area contributed by atoms with Gasteiger partial charge in [0.15, 0.2) is 11.6 Å². The molecule has 2 atom stereocenters. The minimum absolute atomic E-state index is 0.0410. The van der Waals surface area contributed by atoms with Gasteiger partial charge in [0.25, 0.3) is 0 Å². The lowest BCUT2D eigenvalue weighted by atomic mass is 9.91. The molecule has 1 rings (SSSR count). The van der Waals surface area contributed by atoms with Crippen LogP contribution in [0.5, 0.6) is 0 Å². The lowest BCUT2D eigenvalue weighted by molar-refractivity contribution is 0.475. The molecule has 0 N–H and O–H groups in total. The van der Waals surface area contributed by atoms with Crippen molar-refractivity contribution in [2.24, 2.45) is 5.92 Å². The predicted octanol–water partition coefficient (Wildman–Crippen LogP) is 4.49. The van der Waals surface area contributed by atoms with Crippen LogP contribution in [-0.2, 0) is 0 Å². The molecule has 0 saturated heterocycles. The van der Waals surface area contributed by atoms with Crippen LogP contribution >= 0.6 is 15.9 Å². The second-order valence-corrected chi connectivity index (χ2v) is 5.18. The van der Waals surface area contributed by atoms with Gasteiger partial charge in [0.2, 0.25) is 0 Å². The molecule has 0 aliphatic carbocycles. The Bertz CT molecular complexity index is 336. The molecule has 0 spiro atoms. The van der Waals surface area contributed by atoms with Crippen molar-refractivity contribution >= 4 is 15.9 Å². The Morgan fingerprint density at radius 2 is 1.73 bits per heavy atom. The first kappa shape index (κ1) is 12.6. The lowest BCUT2D eigenvalue weighted by Gasteiger charge is -2.22. The summed E-state index contributed by atoms with van der Waals surface area (Å²) in [4.78, 5) is 0.147. The zero-order valence-corrected chi connectivity index (χ0v) is 10.7. The summed E-state index contributed by atoms with van der Waals surface area (Å²) in [5.41, 5.74) is 0.436. The standard InChI is InChI=1S/C12H15BrF2/c1-7(2)11(13)8(3)9-5-4-6-10(14)12(9)15/h4-8,11H,1-3H3. The molecule has 0 saturated carbocycles. The molecular weight excluding hydrogens is 262 g/mol. The van der Waals surface area contributed by atoms with Crippen molar-refractivity contribution in [3.8, 4) is 0 Å². The molecular formula is C12H15BrF2. The summed E-state index contributed by atoms with van der Waals surface area (Å²) in [7, 11) is 0. The van der Waals surface area contributed by atoms with Gasteiger partial charge in [0.05, 0.1) is 0 Å². The minimum atomic E-state index is -0.775. The Balaban J connectivity index is 3.01. The summed E-state index contributed by atoms with van der Waals surface area (Å²) >= 11 is 3.51. The first-order chi connectivity index (χ1) is 6.95. The maximum absolute atomic E-state index is 13.5. The molecule has 0 aliphatic heterocycles. The van der Waals surface area contributed by atoms with Gasteiger partial charge < -0.3 is 0 Å². The van der Waals surface area contributed by atoms with E-state index in [4.69, 9.17) is 0 Å². The molecule has 3 heteroatoms. The topological polar surface area (TPSA) is 0 Å². The van der Waals surface area contributed by atoms with Crippen LogP contribution in [0, 0.1) is 17.6 Å². The molecule has 0 heterocycles. The van der Waals surface area contributed by atoms with Gasteiger partial charge in [-0.25, -0.2) is 8.78 Å². The first-order valence-corrected chi connectivity index (χ1v) is 5.94. The number of rotatable bonds is 3. The highest BCUT2D eigenvalue weighted by Crippen LogP contribution is 2.31. The van der Waals surface area contributed by atoms with Gasteiger partial charge in [-0.1, -0.05) is 48.8 Å². The average Bonchev–Trinajstić information content (AvgIpc) is 2.20. The first-order valence-electron chi connectivity index (χ1n) is 5.03. The summed E-state index contributed by atoms with van der Waals surface area (Å²) in [5.74, 6) is -1.17. The molecule has 0 amide bonds. The van der Waals surface area contributed by atoms with E-state index in [0.717, 1.165) is 6.07 Å². The van der Waals surface area contributed by atoms with Crippen molar-refractivity contribution in [1.29, 1.82) is 0 Å². The number of alkyl halides is 1. The largest absolute Gasteiger partial charge is 0.204 e. The molecule has 0 nitrogen and oxygen atoms in total. The van der Waals surface area contributed by atoms with Crippen molar-refractivity contribution in [2.45, 2.75) is 31.5 Å². The summed E-state index contributed by atoms with van der Waals surface area (Å²) in [6, 6.07) is 4.33. The number of halogens is 3. The van der Waals surface area contributed by atoms with Gasteiger partial charge in [-0.05, 0) is 23.5 Å². The Hall–Kier alpha value is -0.440. The average molecular weight is 277 g/mol. The van der Waals surface area contributed by atoms with Crippen LogP contribution < -0.4 is 0 Å². The maximum atomic E-state index is 13.5. The zero-order chi connectivity index (χ0) is 11.6. The molecule has 0 bridgehead atoms. The predicted molar refractivity (Wildman–Crippen MR) is 62.3 cm³/mol. The smallest absolute Gasteiger partial charge is 0.162 e. The summed E-state index contributed by atoms with van der Waals surface area (Å²) < 4.78 is 26.5. The maximum Gasteiger partial charge on any atom is 0.162 e. The van der Waals surface area contributed by atoms with Crippen LogP contribution in [0.15, 0.2) is 18.2 Å². The molecule has 1 aromatic carbocycles. The highest BCUT2D eigenvalue weighted by atomic mass is 79.9. The van der Waals surface area contributed by atoms with Crippen LogP contribution in [0.2, 0.25) is 0 Å². The molecule has 15 heavy (non-hydrogen) atoms. The Morgan fingerprint density at radius 3 is 2.27 bits per heavy atom. The van der Waals surface area contributed by atoms with Gasteiger partial charge >= 0.3 is 0 Å². The van der Waals surface area contributed by atoms with E-state index >= 15 is 0 Å². The van der Waals surface area contributed by atoms with E-state index in [1.54, 1.807) is 12.1 Å².